The number of Topliss-reactive ketones (excluding diaryl/α,β-unsaturated/α-hetero) is 2. The van der Waals surface area contributed by atoms with Crippen LogP contribution in [0.5, 0.6) is 0 Å². The fourth-order valence-corrected chi connectivity index (χ4v) is 3.08. The van der Waals surface area contributed by atoms with Gasteiger partial charge in [-0.3, -0.25) is 14.6 Å². The Labute approximate surface area is 178 Å². The Morgan fingerprint density at radius 1 is 0.867 bits per heavy atom. The van der Waals surface area contributed by atoms with Crippen LogP contribution in [0.25, 0.3) is 0 Å². The van der Waals surface area contributed by atoms with Crippen molar-refractivity contribution in [2.24, 2.45) is 5.41 Å². The van der Waals surface area contributed by atoms with Crippen LogP contribution in [0.2, 0.25) is 0 Å². The Hall–Kier alpha value is -3.27. The molecule has 0 atom stereocenters. The number of carbonyl (C=O) groups is 2. The third-order valence-electron chi connectivity index (χ3n) is 4.84. The maximum absolute atomic E-state index is 12.5. The third-order valence-corrected chi connectivity index (χ3v) is 4.84. The van der Waals surface area contributed by atoms with Gasteiger partial charge in [0, 0.05) is 36.0 Å². The van der Waals surface area contributed by atoms with Gasteiger partial charge in [0.25, 0.3) is 0 Å². The molecule has 0 unspecified atom stereocenters. The van der Waals surface area contributed by atoms with Crippen molar-refractivity contribution < 1.29 is 9.59 Å². The second-order valence-electron chi connectivity index (χ2n) is 8.70. The number of carbonyl (C=O) groups excluding carboxylic acids is 2. The molecular weight excluding hydrogens is 372 g/mol. The molecule has 2 aromatic carbocycles. The molecule has 4 heteroatoms. The molecule has 0 fully saturated rings. The van der Waals surface area contributed by atoms with Gasteiger partial charge < -0.3 is 5.32 Å². The van der Waals surface area contributed by atoms with E-state index in [0.717, 1.165) is 28.9 Å². The molecule has 0 aliphatic rings. The van der Waals surface area contributed by atoms with E-state index in [1.54, 1.807) is 18.3 Å². The lowest BCUT2D eigenvalue weighted by Gasteiger charge is -2.17. The molecule has 0 saturated carbocycles. The number of nitrogens with one attached hydrogen (secondary N) is 1. The summed E-state index contributed by atoms with van der Waals surface area (Å²) in [5.41, 5.74) is 4.06. The van der Waals surface area contributed by atoms with Crippen LogP contribution in [0, 0.1) is 5.41 Å². The van der Waals surface area contributed by atoms with Crippen LogP contribution >= 0.6 is 0 Å². The van der Waals surface area contributed by atoms with Crippen LogP contribution in [0.15, 0.2) is 72.9 Å². The Morgan fingerprint density at radius 2 is 1.63 bits per heavy atom. The quantitative estimate of drug-likeness (QED) is 0.453. The lowest BCUT2D eigenvalue weighted by atomic mass is 9.88. The molecule has 0 bridgehead atoms. The van der Waals surface area contributed by atoms with Crippen LogP contribution in [-0.4, -0.2) is 16.6 Å². The molecule has 0 spiro atoms. The van der Waals surface area contributed by atoms with E-state index >= 15 is 0 Å². The first-order chi connectivity index (χ1) is 14.3. The molecule has 4 nitrogen and oxygen atoms in total. The average molecular weight is 401 g/mol. The molecule has 3 aromatic rings. The number of pyridine rings is 1. The molecule has 0 saturated heterocycles. The Morgan fingerprint density at radius 3 is 2.30 bits per heavy atom. The maximum atomic E-state index is 12.5. The minimum Gasteiger partial charge on any atom is -0.356 e. The summed E-state index contributed by atoms with van der Waals surface area (Å²) in [7, 11) is 0. The first kappa shape index (κ1) is 21.4. The van der Waals surface area contributed by atoms with Crippen molar-refractivity contribution in [2.75, 3.05) is 5.32 Å². The van der Waals surface area contributed by atoms with Crippen LogP contribution in [0.4, 0.5) is 11.4 Å². The highest BCUT2D eigenvalue weighted by Gasteiger charge is 2.14. The molecule has 3 rings (SSSR count). The molecular formula is C26H28N2O2. The largest absolute Gasteiger partial charge is 0.356 e. The van der Waals surface area contributed by atoms with E-state index in [2.05, 4.69) is 31.1 Å². The van der Waals surface area contributed by atoms with Crippen molar-refractivity contribution in [1.82, 2.24) is 4.98 Å². The van der Waals surface area contributed by atoms with Crippen LogP contribution in [0.1, 0.15) is 60.0 Å². The molecule has 0 radical (unpaired) electrons. The highest BCUT2D eigenvalue weighted by atomic mass is 16.1. The van der Waals surface area contributed by atoms with Gasteiger partial charge in [0.15, 0.2) is 11.6 Å². The van der Waals surface area contributed by atoms with E-state index in [1.807, 2.05) is 54.6 Å². The summed E-state index contributed by atoms with van der Waals surface area (Å²) >= 11 is 0. The molecule has 0 amide bonds. The van der Waals surface area contributed by atoms with Crippen molar-refractivity contribution in [2.45, 2.75) is 40.0 Å². The zero-order chi connectivity index (χ0) is 21.6. The minimum atomic E-state index is -0.00206. The normalized spacial score (nSPS) is 11.2. The summed E-state index contributed by atoms with van der Waals surface area (Å²) in [5, 5.41) is 3.33. The average Bonchev–Trinajstić information content (AvgIpc) is 2.74. The topological polar surface area (TPSA) is 59.1 Å². The van der Waals surface area contributed by atoms with Crippen molar-refractivity contribution in [1.29, 1.82) is 0 Å². The molecule has 0 aliphatic heterocycles. The molecule has 0 aliphatic carbocycles. The van der Waals surface area contributed by atoms with E-state index in [4.69, 9.17) is 0 Å². The van der Waals surface area contributed by atoms with Gasteiger partial charge in [-0.2, -0.15) is 0 Å². The highest BCUT2D eigenvalue weighted by molar-refractivity contribution is 5.97. The Bertz CT molecular complexity index is 1000. The fourth-order valence-electron chi connectivity index (χ4n) is 3.08. The maximum Gasteiger partial charge on any atom is 0.185 e. The van der Waals surface area contributed by atoms with E-state index < -0.39 is 0 Å². The monoisotopic (exact) mass is 400 g/mol. The first-order valence-corrected chi connectivity index (χ1v) is 10.2. The summed E-state index contributed by atoms with van der Waals surface area (Å²) in [4.78, 5) is 28.9. The van der Waals surface area contributed by atoms with Gasteiger partial charge in [0.1, 0.15) is 5.69 Å². The first-order valence-electron chi connectivity index (χ1n) is 10.2. The molecule has 154 valence electrons. The van der Waals surface area contributed by atoms with Crippen molar-refractivity contribution >= 4 is 22.9 Å². The zero-order valence-electron chi connectivity index (χ0n) is 17.8. The second-order valence-corrected chi connectivity index (χ2v) is 8.70. The Balaban J connectivity index is 1.61. The van der Waals surface area contributed by atoms with Gasteiger partial charge in [-0.15, -0.1) is 0 Å². The smallest absolute Gasteiger partial charge is 0.185 e. The van der Waals surface area contributed by atoms with Crippen LogP contribution in [-0.2, 0) is 6.42 Å². The Kier molecular flexibility index (Phi) is 6.78. The molecule has 30 heavy (non-hydrogen) atoms. The number of benzene rings is 2. The van der Waals surface area contributed by atoms with Gasteiger partial charge in [-0.25, -0.2) is 0 Å². The van der Waals surface area contributed by atoms with Crippen molar-refractivity contribution in [3.8, 4) is 0 Å². The van der Waals surface area contributed by atoms with Crippen molar-refractivity contribution in [3.05, 3.63) is 89.7 Å². The molecule has 1 aromatic heterocycles. The third kappa shape index (κ3) is 6.38. The van der Waals surface area contributed by atoms with Crippen molar-refractivity contribution in [3.63, 3.8) is 0 Å². The van der Waals surface area contributed by atoms with Gasteiger partial charge in [-0.1, -0.05) is 51.1 Å². The van der Waals surface area contributed by atoms with E-state index in [-0.39, 0.29) is 17.0 Å². The number of ketones is 2. The summed E-state index contributed by atoms with van der Waals surface area (Å²) in [6, 6.07) is 20.7. The summed E-state index contributed by atoms with van der Waals surface area (Å²) < 4.78 is 0. The lowest BCUT2D eigenvalue weighted by molar-refractivity contribution is 0.0963. The predicted molar refractivity (Wildman–Crippen MR) is 121 cm³/mol. The summed E-state index contributed by atoms with van der Waals surface area (Å²) in [5.74, 6) is 0.162. The standard InChI is InChI=1S/C26H28N2O2/c1-26(2,3)15-14-24(29)20-7-6-8-22(18-20)28-21-12-10-19(11-13-21)17-25(30)23-9-4-5-16-27-23/h4-13,16,18,28H,14-15,17H2,1-3H3. The van der Waals surface area contributed by atoms with Crippen LogP contribution < -0.4 is 5.32 Å². The van der Waals surface area contributed by atoms with E-state index in [0.29, 0.717) is 18.5 Å². The highest BCUT2D eigenvalue weighted by Crippen LogP contribution is 2.24. The number of aromatic nitrogens is 1. The number of anilines is 2. The van der Waals surface area contributed by atoms with Crippen LogP contribution in [0.3, 0.4) is 0 Å². The summed E-state index contributed by atoms with van der Waals surface area (Å²) in [6.45, 7) is 6.43. The summed E-state index contributed by atoms with van der Waals surface area (Å²) in [6.07, 6.45) is 3.35. The number of rotatable bonds is 8. The van der Waals surface area contributed by atoms with Gasteiger partial charge >= 0.3 is 0 Å². The fraction of sp³-hybridized carbons (Fsp3) is 0.269. The second kappa shape index (κ2) is 9.49. The van der Waals surface area contributed by atoms with E-state index in [1.165, 1.54) is 0 Å². The molecule has 1 heterocycles. The zero-order valence-corrected chi connectivity index (χ0v) is 17.8. The number of hydrogen-bond donors (Lipinski definition) is 1. The minimum absolute atomic E-state index is 0.00206. The number of hydrogen-bond acceptors (Lipinski definition) is 4. The number of nitrogens with zero attached hydrogens (tertiary/aromatic N) is 1. The van der Waals surface area contributed by atoms with Gasteiger partial charge in [-0.05, 0) is 53.8 Å². The predicted octanol–water partition coefficient (Wildman–Crippen LogP) is 6.26. The van der Waals surface area contributed by atoms with Gasteiger partial charge in [0.05, 0.1) is 0 Å². The van der Waals surface area contributed by atoms with Gasteiger partial charge in [0.2, 0.25) is 0 Å². The lowest BCUT2D eigenvalue weighted by Crippen LogP contribution is -2.09. The SMILES string of the molecule is CC(C)(C)CCC(=O)c1cccc(Nc2ccc(CC(=O)c3ccccn3)cc2)c1. The molecule has 1 N–H and O–H groups in total. The van der Waals surface area contributed by atoms with E-state index in [9.17, 15) is 9.59 Å².